The first-order valence-corrected chi connectivity index (χ1v) is 4.98. The zero-order valence-electron chi connectivity index (χ0n) is 10.4. The molecule has 16 heavy (non-hydrogen) atoms. The van der Waals surface area contributed by atoms with Crippen LogP contribution < -0.4 is 0 Å². The third-order valence-electron chi connectivity index (χ3n) is 1.55. The average molecular weight is 234 g/mol. The van der Waals surface area contributed by atoms with E-state index in [2.05, 4.69) is 38.0 Å². The highest BCUT2D eigenvalue weighted by molar-refractivity contribution is 5.75. The molecule has 0 fully saturated rings. The van der Waals surface area contributed by atoms with Gasteiger partial charge in [0.1, 0.15) is 0 Å². The SMILES string of the molecule is CN(C)CCN(C)C.O=C(O)CCC(=O)O. The monoisotopic (exact) mass is 234 g/mol. The topological polar surface area (TPSA) is 81.1 Å². The summed E-state index contributed by atoms with van der Waals surface area (Å²) in [6.07, 6.45) is -0.593. The molecule has 0 spiro atoms. The molecule has 0 amide bonds. The van der Waals surface area contributed by atoms with Crippen LogP contribution in [0, 0.1) is 0 Å². The number of likely N-dealkylation sites (N-methyl/N-ethyl adjacent to an activating group) is 2. The van der Waals surface area contributed by atoms with Gasteiger partial charge < -0.3 is 20.0 Å². The molecule has 6 heteroatoms. The Hall–Kier alpha value is -1.14. The minimum atomic E-state index is -1.08. The molecule has 0 aromatic carbocycles. The molecule has 6 nitrogen and oxygen atoms in total. The summed E-state index contributed by atoms with van der Waals surface area (Å²) in [5, 5.41) is 15.8. The summed E-state index contributed by atoms with van der Waals surface area (Å²) >= 11 is 0. The predicted molar refractivity (Wildman–Crippen MR) is 61.6 cm³/mol. The second-order valence-electron chi connectivity index (χ2n) is 3.89. The average Bonchev–Trinajstić information content (AvgIpc) is 2.12. The van der Waals surface area contributed by atoms with Crippen molar-refractivity contribution in [2.24, 2.45) is 0 Å². The van der Waals surface area contributed by atoms with Gasteiger partial charge in [0.05, 0.1) is 12.8 Å². The number of nitrogens with zero attached hydrogens (tertiary/aromatic N) is 2. The van der Waals surface area contributed by atoms with E-state index in [0.29, 0.717) is 0 Å². The molecule has 0 aromatic heterocycles. The van der Waals surface area contributed by atoms with Crippen molar-refractivity contribution in [2.45, 2.75) is 12.8 Å². The Labute approximate surface area is 96.5 Å². The third-order valence-corrected chi connectivity index (χ3v) is 1.55. The molecule has 2 N–H and O–H groups in total. The second-order valence-corrected chi connectivity index (χ2v) is 3.89. The molecule has 0 aliphatic heterocycles. The maximum atomic E-state index is 9.64. The number of carboxylic acids is 2. The fourth-order valence-electron chi connectivity index (χ4n) is 0.614. The highest BCUT2D eigenvalue weighted by Crippen LogP contribution is 1.86. The van der Waals surface area contributed by atoms with Crippen molar-refractivity contribution in [3.63, 3.8) is 0 Å². The van der Waals surface area contributed by atoms with Crippen molar-refractivity contribution in [2.75, 3.05) is 41.3 Å². The van der Waals surface area contributed by atoms with Crippen molar-refractivity contribution in [3.8, 4) is 0 Å². The van der Waals surface area contributed by atoms with Crippen LogP contribution in [0.2, 0.25) is 0 Å². The lowest BCUT2D eigenvalue weighted by Gasteiger charge is -2.13. The van der Waals surface area contributed by atoms with Gasteiger partial charge in [-0.05, 0) is 28.2 Å². The Morgan fingerprint density at radius 3 is 1.19 bits per heavy atom. The second kappa shape index (κ2) is 10.4. The third kappa shape index (κ3) is 23.0. The summed E-state index contributed by atoms with van der Waals surface area (Å²) in [4.78, 5) is 23.6. The van der Waals surface area contributed by atoms with E-state index in [4.69, 9.17) is 10.2 Å². The van der Waals surface area contributed by atoms with Crippen molar-refractivity contribution in [1.82, 2.24) is 9.80 Å². The lowest BCUT2D eigenvalue weighted by molar-refractivity contribution is -0.143. The van der Waals surface area contributed by atoms with E-state index in [1.54, 1.807) is 0 Å². The quantitative estimate of drug-likeness (QED) is 0.675. The van der Waals surface area contributed by atoms with Crippen LogP contribution in [-0.2, 0) is 9.59 Å². The van der Waals surface area contributed by atoms with E-state index >= 15 is 0 Å². The van der Waals surface area contributed by atoms with E-state index in [0.717, 1.165) is 13.1 Å². The molecule has 0 heterocycles. The zero-order chi connectivity index (χ0) is 13.1. The molecular weight excluding hydrogens is 212 g/mol. The van der Waals surface area contributed by atoms with Crippen LogP contribution in [0.5, 0.6) is 0 Å². The Balaban J connectivity index is 0. The first-order chi connectivity index (χ1) is 7.25. The Morgan fingerprint density at radius 1 is 0.812 bits per heavy atom. The summed E-state index contributed by atoms with van der Waals surface area (Å²) < 4.78 is 0. The van der Waals surface area contributed by atoms with Crippen LogP contribution >= 0.6 is 0 Å². The van der Waals surface area contributed by atoms with Gasteiger partial charge in [-0.25, -0.2) is 0 Å². The Kier molecular flexibility index (Phi) is 11.2. The number of rotatable bonds is 6. The highest BCUT2D eigenvalue weighted by Gasteiger charge is 2.00. The van der Waals surface area contributed by atoms with E-state index in [1.807, 2.05) is 0 Å². The van der Waals surface area contributed by atoms with E-state index in [1.165, 1.54) is 0 Å². The summed E-state index contributed by atoms with van der Waals surface area (Å²) in [5.41, 5.74) is 0. The van der Waals surface area contributed by atoms with E-state index < -0.39 is 11.9 Å². The van der Waals surface area contributed by atoms with Crippen molar-refractivity contribution < 1.29 is 19.8 Å². The molecule has 0 saturated carbocycles. The maximum absolute atomic E-state index is 9.64. The van der Waals surface area contributed by atoms with Gasteiger partial charge in [-0.2, -0.15) is 0 Å². The van der Waals surface area contributed by atoms with Crippen molar-refractivity contribution in [3.05, 3.63) is 0 Å². The van der Waals surface area contributed by atoms with Gasteiger partial charge in [-0.1, -0.05) is 0 Å². The molecule has 0 aliphatic carbocycles. The number of aliphatic carboxylic acids is 2. The van der Waals surface area contributed by atoms with Crippen LogP contribution in [0.25, 0.3) is 0 Å². The zero-order valence-corrected chi connectivity index (χ0v) is 10.4. The first kappa shape index (κ1) is 17.3. The fraction of sp³-hybridized carbons (Fsp3) is 0.800. The van der Waals surface area contributed by atoms with Gasteiger partial charge in [0.15, 0.2) is 0 Å². The summed E-state index contributed by atoms with van der Waals surface area (Å²) in [7, 11) is 8.35. The normalized spacial score (nSPS) is 9.88. The van der Waals surface area contributed by atoms with Crippen LogP contribution in [0.15, 0.2) is 0 Å². The largest absolute Gasteiger partial charge is 0.481 e. The Morgan fingerprint density at radius 2 is 1.06 bits per heavy atom. The van der Waals surface area contributed by atoms with E-state index in [-0.39, 0.29) is 12.8 Å². The lowest BCUT2D eigenvalue weighted by Crippen LogP contribution is -2.25. The smallest absolute Gasteiger partial charge is 0.303 e. The Bertz CT molecular complexity index is 183. The molecule has 0 rings (SSSR count). The standard InChI is InChI=1S/C6H16N2.C4H6O4/c1-7(2)5-6-8(3)4;5-3(6)1-2-4(7)8/h5-6H2,1-4H3;1-2H2,(H,5,6)(H,7,8). The maximum Gasteiger partial charge on any atom is 0.303 e. The number of carbonyl (C=O) groups is 2. The van der Waals surface area contributed by atoms with Gasteiger partial charge in [-0.15, -0.1) is 0 Å². The molecular formula is C10H22N2O4. The van der Waals surface area contributed by atoms with Gasteiger partial charge in [0.25, 0.3) is 0 Å². The minimum absolute atomic E-state index is 0.296. The molecule has 0 atom stereocenters. The van der Waals surface area contributed by atoms with Gasteiger partial charge >= 0.3 is 11.9 Å². The molecule has 96 valence electrons. The highest BCUT2D eigenvalue weighted by atomic mass is 16.4. The molecule has 0 aromatic rings. The van der Waals surface area contributed by atoms with Gasteiger partial charge in [0.2, 0.25) is 0 Å². The first-order valence-electron chi connectivity index (χ1n) is 4.98. The fourth-order valence-corrected chi connectivity index (χ4v) is 0.614. The van der Waals surface area contributed by atoms with Crippen LogP contribution in [0.3, 0.4) is 0 Å². The van der Waals surface area contributed by atoms with Crippen molar-refractivity contribution in [1.29, 1.82) is 0 Å². The summed E-state index contributed by atoms with van der Waals surface area (Å²) in [5.74, 6) is -2.15. The summed E-state index contributed by atoms with van der Waals surface area (Å²) in [6, 6.07) is 0. The minimum Gasteiger partial charge on any atom is -0.481 e. The van der Waals surface area contributed by atoms with Gasteiger partial charge in [0, 0.05) is 13.1 Å². The molecule has 0 radical (unpaired) electrons. The van der Waals surface area contributed by atoms with E-state index in [9.17, 15) is 9.59 Å². The molecule has 0 unspecified atom stereocenters. The molecule has 0 aliphatic rings. The van der Waals surface area contributed by atoms with Gasteiger partial charge in [-0.3, -0.25) is 9.59 Å². The molecule has 0 bridgehead atoms. The molecule has 0 saturated heterocycles. The van der Waals surface area contributed by atoms with Crippen LogP contribution in [0.4, 0.5) is 0 Å². The number of hydrogen-bond donors (Lipinski definition) is 2. The van der Waals surface area contributed by atoms with Crippen molar-refractivity contribution >= 4 is 11.9 Å². The lowest BCUT2D eigenvalue weighted by atomic mass is 10.3. The van der Waals surface area contributed by atoms with Crippen LogP contribution in [0.1, 0.15) is 12.8 Å². The predicted octanol–water partition coefficient (Wildman–Crippen LogP) is 0.0454. The summed E-state index contributed by atoms with van der Waals surface area (Å²) in [6.45, 7) is 2.29. The number of carboxylic acid groups (broad SMARTS) is 2. The van der Waals surface area contributed by atoms with Crippen LogP contribution in [-0.4, -0.2) is 73.2 Å². The number of hydrogen-bond acceptors (Lipinski definition) is 4.